The van der Waals surface area contributed by atoms with Crippen LogP contribution in [-0.2, 0) is 0 Å². The third-order valence-electron chi connectivity index (χ3n) is 5.57. The van der Waals surface area contributed by atoms with Crippen molar-refractivity contribution >= 4 is 27.5 Å². The molecule has 1 amide bonds. The number of rotatable bonds is 4. The van der Waals surface area contributed by atoms with Gasteiger partial charge < -0.3 is 4.90 Å². The fourth-order valence-corrected chi connectivity index (χ4v) is 4.63. The lowest BCUT2D eigenvalue weighted by Gasteiger charge is -2.34. The smallest absolute Gasteiger partial charge is 0.253 e. The highest BCUT2D eigenvalue weighted by Gasteiger charge is 2.33. The van der Waals surface area contributed by atoms with E-state index in [2.05, 4.69) is 28.6 Å². The zero-order valence-corrected chi connectivity index (χ0v) is 16.0. The Kier molecular flexibility index (Phi) is 4.78. The topological polar surface area (TPSA) is 36.4 Å². The maximum atomic E-state index is 13.1. The van der Waals surface area contributed by atoms with Crippen molar-refractivity contribution in [2.45, 2.75) is 39.2 Å². The highest BCUT2D eigenvalue weighted by molar-refractivity contribution is 7.16. The van der Waals surface area contributed by atoms with E-state index in [0.717, 1.165) is 47.8 Å². The molecule has 1 aliphatic heterocycles. The Morgan fingerprint density at radius 1 is 1.32 bits per heavy atom. The Hall–Kier alpha value is -1.46. The van der Waals surface area contributed by atoms with Crippen molar-refractivity contribution in [1.29, 1.82) is 0 Å². The zero-order valence-electron chi connectivity index (χ0n) is 15.1. The SMILES string of the molecule is CC(C)C1CN(C(=O)c2ccc3ncsc3c2)CCCN1CC1CC1. The largest absolute Gasteiger partial charge is 0.337 e. The third kappa shape index (κ3) is 3.72. The molecule has 134 valence electrons. The number of carbonyl (C=O) groups is 1. The fourth-order valence-electron chi connectivity index (χ4n) is 3.91. The van der Waals surface area contributed by atoms with E-state index < -0.39 is 0 Å². The van der Waals surface area contributed by atoms with Crippen LogP contribution in [0.2, 0.25) is 0 Å². The summed E-state index contributed by atoms with van der Waals surface area (Å²) in [6.07, 6.45) is 3.85. The molecule has 2 aromatic rings. The summed E-state index contributed by atoms with van der Waals surface area (Å²) < 4.78 is 1.09. The minimum Gasteiger partial charge on any atom is -0.337 e. The molecule has 2 aliphatic rings. The van der Waals surface area contributed by atoms with Gasteiger partial charge in [-0.2, -0.15) is 0 Å². The molecule has 4 rings (SSSR count). The van der Waals surface area contributed by atoms with Gasteiger partial charge in [0.1, 0.15) is 0 Å². The highest BCUT2D eigenvalue weighted by atomic mass is 32.1. The van der Waals surface area contributed by atoms with Crippen LogP contribution >= 0.6 is 11.3 Å². The molecule has 0 spiro atoms. The van der Waals surface area contributed by atoms with Crippen molar-refractivity contribution in [3.8, 4) is 0 Å². The Labute approximate surface area is 153 Å². The Balaban J connectivity index is 1.52. The molecule has 1 saturated heterocycles. The number of carbonyl (C=O) groups excluding carboxylic acids is 1. The first-order chi connectivity index (χ1) is 12.1. The van der Waals surface area contributed by atoms with E-state index in [1.807, 2.05) is 23.7 Å². The fraction of sp³-hybridized carbons (Fsp3) is 0.600. The second kappa shape index (κ2) is 7.04. The number of hydrogen-bond acceptors (Lipinski definition) is 4. The number of hydrogen-bond donors (Lipinski definition) is 0. The first kappa shape index (κ1) is 17.0. The summed E-state index contributed by atoms with van der Waals surface area (Å²) in [5, 5.41) is 0. The van der Waals surface area contributed by atoms with Crippen molar-refractivity contribution in [1.82, 2.24) is 14.8 Å². The standard InChI is InChI=1S/C20H27N3OS/c1-14(2)18-12-23(9-3-8-22(18)11-15-4-5-15)20(24)16-6-7-17-19(10-16)25-13-21-17/h6-7,10,13-15,18H,3-5,8-9,11-12H2,1-2H3. The van der Waals surface area contributed by atoms with Crippen molar-refractivity contribution in [2.24, 2.45) is 11.8 Å². The number of thiazole rings is 1. The average molecular weight is 358 g/mol. The second-order valence-electron chi connectivity index (χ2n) is 7.89. The average Bonchev–Trinajstić information content (AvgIpc) is 3.34. The molecule has 2 heterocycles. The number of aromatic nitrogens is 1. The van der Waals surface area contributed by atoms with Crippen LogP contribution in [0.15, 0.2) is 23.7 Å². The lowest BCUT2D eigenvalue weighted by atomic mass is 10.0. The number of benzene rings is 1. The molecule has 1 atom stereocenters. The predicted octanol–water partition coefficient (Wildman–Crippen LogP) is 3.88. The van der Waals surface area contributed by atoms with Crippen LogP contribution in [0.3, 0.4) is 0 Å². The van der Waals surface area contributed by atoms with Gasteiger partial charge in [-0.3, -0.25) is 9.69 Å². The van der Waals surface area contributed by atoms with Gasteiger partial charge in [0, 0.05) is 37.8 Å². The molecule has 0 radical (unpaired) electrons. The van der Waals surface area contributed by atoms with Gasteiger partial charge in [0.05, 0.1) is 15.7 Å². The number of amides is 1. The summed E-state index contributed by atoms with van der Waals surface area (Å²) in [6, 6.07) is 6.38. The van der Waals surface area contributed by atoms with Crippen LogP contribution in [0.1, 0.15) is 43.5 Å². The highest BCUT2D eigenvalue weighted by Crippen LogP contribution is 2.32. The summed E-state index contributed by atoms with van der Waals surface area (Å²) >= 11 is 1.60. The molecule has 4 nitrogen and oxygen atoms in total. The lowest BCUT2D eigenvalue weighted by Crippen LogP contribution is -2.46. The van der Waals surface area contributed by atoms with Crippen LogP contribution in [0.25, 0.3) is 10.2 Å². The Bertz CT molecular complexity index is 752. The van der Waals surface area contributed by atoms with E-state index in [0.29, 0.717) is 12.0 Å². The molecule has 1 aromatic heterocycles. The van der Waals surface area contributed by atoms with Crippen LogP contribution in [0, 0.1) is 11.8 Å². The van der Waals surface area contributed by atoms with Gasteiger partial charge in [0.25, 0.3) is 5.91 Å². The minimum atomic E-state index is 0.175. The van der Waals surface area contributed by atoms with Crippen LogP contribution in [0.5, 0.6) is 0 Å². The molecular formula is C20H27N3OS. The second-order valence-corrected chi connectivity index (χ2v) is 8.78. The first-order valence-electron chi connectivity index (χ1n) is 9.48. The van der Waals surface area contributed by atoms with Gasteiger partial charge in [-0.1, -0.05) is 13.8 Å². The van der Waals surface area contributed by atoms with Crippen LogP contribution < -0.4 is 0 Å². The molecular weight excluding hydrogens is 330 g/mol. The minimum absolute atomic E-state index is 0.175. The van der Waals surface area contributed by atoms with Gasteiger partial charge in [-0.25, -0.2) is 4.98 Å². The molecule has 5 heteroatoms. The summed E-state index contributed by atoms with van der Waals surface area (Å²) in [4.78, 5) is 22.2. The van der Waals surface area contributed by atoms with E-state index in [-0.39, 0.29) is 5.91 Å². The normalized spacial score (nSPS) is 22.5. The molecule has 1 aromatic carbocycles. The van der Waals surface area contributed by atoms with E-state index in [1.54, 1.807) is 11.3 Å². The summed E-state index contributed by atoms with van der Waals surface area (Å²) in [5.74, 6) is 1.64. The molecule has 1 unspecified atom stereocenters. The van der Waals surface area contributed by atoms with Crippen molar-refractivity contribution < 1.29 is 4.79 Å². The monoisotopic (exact) mass is 357 g/mol. The van der Waals surface area contributed by atoms with Gasteiger partial charge in [-0.05, 0) is 49.3 Å². The molecule has 0 N–H and O–H groups in total. The first-order valence-corrected chi connectivity index (χ1v) is 10.4. The number of fused-ring (bicyclic) bond motifs is 1. The van der Waals surface area contributed by atoms with Crippen molar-refractivity contribution in [3.05, 3.63) is 29.3 Å². The van der Waals surface area contributed by atoms with Crippen LogP contribution in [-0.4, -0.2) is 52.9 Å². The summed E-state index contributed by atoms with van der Waals surface area (Å²) in [6.45, 7) is 8.65. The Morgan fingerprint density at radius 2 is 2.16 bits per heavy atom. The van der Waals surface area contributed by atoms with Gasteiger partial charge in [0.2, 0.25) is 0 Å². The van der Waals surface area contributed by atoms with E-state index in [9.17, 15) is 4.79 Å². The third-order valence-corrected chi connectivity index (χ3v) is 6.37. The quantitative estimate of drug-likeness (QED) is 0.833. The lowest BCUT2D eigenvalue weighted by molar-refractivity contribution is 0.0704. The molecule has 25 heavy (non-hydrogen) atoms. The summed E-state index contributed by atoms with van der Waals surface area (Å²) in [7, 11) is 0. The van der Waals surface area contributed by atoms with Crippen molar-refractivity contribution in [3.63, 3.8) is 0 Å². The number of nitrogens with zero attached hydrogens (tertiary/aromatic N) is 3. The molecule has 1 saturated carbocycles. The van der Waals surface area contributed by atoms with Crippen LogP contribution in [0.4, 0.5) is 0 Å². The van der Waals surface area contributed by atoms with Gasteiger partial charge in [0.15, 0.2) is 0 Å². The molecule has 0 bridgehead atoms. The summed E-state index contributed by atoms with van der Waals surface area (Å²) in [5.41, 5.74) is 3.62. The maximum Gasteiger partial charge on any atom is 0.253 e. The van der Waals surface area contributed by atoms with Crippen molar-refractivity contribution in [2.75, 3.05) is 26.2 Å². The maximum absolute atomic E-state index is 13.1. The zero-order chi connectivity index (χ0) is 17.4. The van der Waals surface area contributed by atoms with Gasteiger partial charge in [-0.15, -0.1) is 11.3 Å². The van der Waals surface area contributed by atoms with E-state index >= 15 is 0 Å². The predicted molar refractivity (Wildman–Crippen MR) is 103 cm³/mol. The van der Waals surface area contributed by atoms with E-state index in [4.69, 9.17) is 0 Å². The van der Waals surface area contributed by atoms with Gasteiger partial charge >= 0.3 is 0 Å². The molecule has 2 fully saturated rings. The molecule has 1 aliphatic carbocycles. The van der Waals surface area contributed by atoms with E-state index in [1.165, 1.54) is 19.4 Å². The Morgan fingerprint density at radius 3 is 2.92 bits per heavy atom.